The van der Waals surface area contributed by atoms with Gasteiger partial charge in [0.1, 0.15) is 24.1 Å². The molecule has 0 amide bonds. The standard InChI is InChI=1S/C8H5F5O/c9-3-5-6(11)1-4(10)2-7(5)14-8(12)13/h1-2,8H,3H2. The van der Waals surface area contributed by atoms with E-state index in [1.54, 1.807) is 0 Å². The van der Waals surface area contributed by atoms with Crippen molar-refractivity contribution in [2.45, 2.75) is 13.3 Å². The summed E-state index contributed by atoms with van der Waals surface area (Å²) in [7, 11) is 0. The zero-order chi connectivity index (χ0) is 10.7. The number of hydrogen-bond acceptors (Lipinski definition) is 1. The molecule has 6 heteroatoms. The number of hydrogen-bond donors (Lipinski definition) is 0. The molecule has 0 heterocycles. The smallest absolute Gasteiger partial charge is 0.387 e. The molecule has 1 rings (SSSR count). The van der Waals surface area contributed by atoms with Crippen LogP contribution in [-0.2, 0) is 6.67 Å². The molecule has 0 radical (unpaired) electrons. The molecule has 0 saturated carbocycles. The fourth-order valence-corrected chi connectivity index (χ4v) is 0.911. The van der Waals surface area contributed by atoms with Crippen molar-refractivity contribution in [1.82, 2.24) is 0 Å². The van der Waals surface area contributed by atoms with Crippen LogP contribution in [0.3, 0.4) is 0 Å². The van der Waals surface area contributed by atoms with E-state index in [1.807, 2.05) is 0 Å². The molecule has 0 atom stereocenters. The van der Waals surface area contributed by atoms with Crippen LogP contribution in [0.25, 0.3) is 0 Å². The van der Waals surface area contributed by atoms with Crippen LogP contribution < -0.4 is 4.74 Å². The molecule has 1 aromatic carbocycles. The Labute approximate surface area is 76.1 Å². The quantitative estimate of drug-likeness (QED) is 0.699. The lowest BCUT2D eigenvalue weighted by atomic mass is 10.2. The van der Waals surface area contributed by atoms with E-state index in [0.717, 1.165) is 0 Å². The lowest BCUT2D eigenvalue weighted by molar-refractivity contribution is -0.0510. The highest BCUT2D eigenvalue weighted by atomic mass is 19.3. The van der Waals surface area contributed by atoms with Gasteiger partial charge in [-0.05, 0) is 0 Å². The highest BCUT2D eigenvalue weighted by Gasteiger charge is 2.15. The second kappa shape index (κ2) is 4.26. The summed E-state index contributed by atoms with van der Waals surface area (Å²) in [6.07, 6.45) is 0. The third-order valence-electron chi connectivity index (χ3n) is 1.47. The maximum Gasteiger partial charge on any atom is 0.387 e. The summed E-state index contributed by atoms with van der Waals surface area (Å²) in [6.45, 7) is -4.59. The van der Waals surface area contributed by atoms with Gasteiger partial charge >= 0.3 is 6.61 Å². The average molecular weight is 212 g/mol. The van der Waals surface area contributed by atoms with Gasteiger partial charge < -0.3 is 4.74 Å². The fraction of sp³-hybridized carbons (Fsp3) is 0.250. The lowest BCUT2D eigenvalue weighted by Gasteiger charge is -2.08. The van der Waals surface area contributed by atoms with Crippen LogP contribution >= 0.6 is 0 Å². The van der Waals surface area contributed by atoms with E-state index in [0.29, 0.717) is 12.1 Å². The van der Waals surface area contributed by atoms with Gasteiger partial charge in [0.25, 0.3) is 0 Å². The predicted octanol–water partition coefficient (Wildman–Crippen LogP) is 3.04. The zero-order valence-corrected chi connectivity index (χ0v) is 6.74. The number of ether oxygens (including phenoxy) is 1. The van der Waals surface area contributed by atoms with Crippen LogP contribution in [0.15, 0.2) is 12.1 Å². The monoisotopic (exact) mass is 212 g/mol. The molecule has 78 valence electrons. The summed E-state index contributed by atoms with van der Waals surface area (Å²) in [5.41, 5.74) is -0.716. The van der Waals surface area contributed by atoms with Crippen LogP contribution in [0.4, 0.5) is 22.0 Å². The van der Waals surface area contributed by atoms with Crippen LogP contribution in [-0.4, -0.2) is 6.61 Å². The Morgan fingerprint density at radius 3 is 2.36 bits per heavy atom. The van der Waals surface area contributed by atoms with Crippen molar-refractivity contribution >= 4 is 0 Å². The summed E-state index contributed by atoms with van der Waals surface area (Å²) >= 11 is 0. The van der Waals surface area contributed by atoms with Crippen LogP contribution in [0.1, 0.15) is 5.56 Å². The Morgan fingerprint density at radius 2 is 1.86 bits per heavy atom. The molecule has 0 aliphatic rings. The highest BCUT2D eigenvalue weighted by Crippen LogP contribution is 2.25. The normalized spacial score (nSPS) is 10.7. The molecule has 0 saturated heterocycles. The van der Waals surface area contributed by atoms with Gasteiger partial charge in [-0.1, -0.05) is 0 Å². The van der Waals surface area contributed by atoms with Crippen LogP contribution in [0.5, 0.6) is 5.75 Å². The van der Waals surface area contributed by atoms with Crippen LogP contribution in [0, 0.1) is 11.6 Å². The van der Waals surface area contributed by atoms with Gasteiger partial charge in [0.2, 0.25) is 0 Å². The maximum absolute atomic E-state index is 12.8. The number of alkyl halides is 3. The Balaban J connectivity index is 3.11. The second-order valence-corrected chi connectivity index (χ2v) is 2.38. The van der Waals surface area contributed by atoms with Gasteiger partial charge in [-0.2, -0.15) is 8.78 Å². The van der Waals surface area contributed by atoms with Crippen molar-refractivity contribution in [3.63, 3.8) is 0 Å². The van der Waals surface area contributed by atoms with Gasteiger partial charge in [0.05, 0.1) is 5.56 Å². The van der Waals surface area contributed by atoms with E-state index < -0.39 is 36.2 Å². The molecule has 1 nitrogen and oxygen atoms in total. The number of rotatable bonds is 3. The van der Waals surface area contributed by atoms with Crippen molar-refractivity contribution < 1.29 is 26.7 Å². The first-order valence-corrected chi connectivity index (χ1v) is 3.53. The Kier molecular flexibility index (Phi) is 3.27. The Bertz CT molecular complexity index is 326. The summed E-state index contributed by atoms with van der Waals surface area (Å²) in [5, 5.41) is 0. The summed E-state index contributed by atoms with van der Waals surface area (Å²) < 4.78 is 64.6. The highest BCUT2D eigenvalue weighted by molar-refractivity contribution is 5.34. The van der Waals surface area contributed by atoms with E-state index in [-0.39, 0.29) is 0 Å². The van der Waals surface area contributed by atoms with E-state index >= 15 is 0 Å². The topological polar surface area (TPSA) is 9.23 Å². The third-order valence-corrected chi connectivity index (χ3v) is 1.47. The predicted molar refractivity (Wildman–Crippen MR) is 37.8 cm³/mol. The molecular weight excluding hydrogens is 207 g/mol. The van der Waals surface area contributed by atoms with Crippen molar-refractivity contribution in [2.75, 3.05) is 0 Å². The van der Waals surface area contributed by atoms with Crippen molar-refractivity contribution in [2.24, 2.45) is 0 Å². The van der Waals surface area contributed by atoms with Gasteiger partial charge in [-0.3, -0.25) is 0 Å². The largest absolute Gasteiger partial charge is 0.434 e. The summed E-state index contributed by atoms with van der Waals surface area (Å²) in [6, 6.07) is 0.900. The number of halogens is 5. The third kappa shape index (κ3) is 2.34. The molecule has 14 heavy (non-hydrogen) atoms. The van der Waals surface area contributed by atoms with Crippen molar-refractivity contribution in [3.05, 3.63) is 29.3 Å². The lowest BCUT2D eigenvalue weighted by Crippen LogP contribution is -2.05. The molecule has 0 aliphatic heterocycles. The molecule has 0 N–H and O–H groups in total. The average Bonchev–Trinajstić information content (AvgIpc) is 2.01. The molecular formula is C8H5F5O. The SMILES string of the molecule is FCc1c(F)cc(F)cc1OC(F)F. The van der Waals surface area contributed by atoms with Crippen molar-refractivity contribution in [1.29, 1.82) is 0 Å². The second-order valence-electron chi connectivity index (χ2n) is 2.38. The Hall–Kier alpha value is -1.33. The van der Waals surface area contributed by atoms with Gasteiger partial charge in [-0.25, -0.2) is 13.2 Å². The minimum Gasteiger partial charge on any atom is -0.434 e. The molecule has 1 aromatic rings. The van der Waals surface area contributed by atoms with Crippen LogP contribution in [0.2, 0.25) is 0 Å². The Morgan fingerprint density at radius 1 is 1.21 bits per heavy atom. The number of benzene rings is 1. The fourth-order valence-electron chi connectivity index (χ4n) is 0.911. The van der Waals surface area contributed by atoms with E-state index in [1.165, 1.54) is 0 Å². The minimum atomic E-state index is -3.25. The first-order chi connectivity index (χ1) is 6.54. The molecule has 0 aromatic heterocycles. The van der Waals surface area contributed by atoms with E-state index in [2.05, 4.69) is 4.74 Å². The van der Waals surface area contributed by atoms with E-state index in [4.69, 9.17) is 0 Å². The first kappa shape index (κ1) is 10.7. The van der Waals surface area contributed by atoms with Gasteiger partial charge in [0.15, 0.2) is 0 Å². The molecule has 0 bridgehead atoms. The molecule has 0 unspecified atom stereocenters. The van der Waals surface area contributed by atoms with Gasteiger partial charge in [0, 0.05) is 12.1 Å². The first-order valence-electron chi connectivity index (χ1n) is 3.53. The zero-order valence-electron chi connectivity index (χ0n) is 6.74. The maximum atomic E-state index is 12.8. The van der Waals surface area contributed by atoms with Gasteiger partial charge in [-0.15, -0.1) is 0 Å². The summed E-state index contributed by atoms with van der Waals surface area (Å²) in [5.74, 6) is -3.17. The molecule has 0 fully saturated rings. The van der Waals surface area contributed by atoms with E-state index in [9.17, 15) is 22.0 Å². The summed E-state index contributed by atoms with van der Waals surface area (Å²) in [4.78, 5) is 0. The molecule has 0 aliphatic carbocycles. The molecule has 0 spiro atoms. The van der Waals surface area contributed by atoms with Crippen molar-refractivity contribution in [3.8, 4) is 5.75 Å². The minimum absolute atomic E-state index is 0.396.